The van der Waals surface area contributed by atoms with Crippen LogP contribution in [0.3, 0.4) is 0 Å². The SMILES string of the molecule is O.O.O.O.O.O=[N+]([O-])[O-].[Zr]. The first-order valence-corrected chi connectivity index (χ1v) is 0.548. The second-order valence-corrected chi connectivity index (χ2v) is 0.224. The maximum atomic E-state index is 8.25. The number of hydrogen-bond acceptors (Lipinski definition) is 3. The van der Waals surface area contributed by atoms with E-state index in [0.717, 1.165) is 0 Å². The Morgan fingerprint density at radius 3 is 0.800 bits per heavy atom. The quantitative estimate of drug-likeness (QED) is 0.303. The van der Waals surface area contributed by atoms with Gasteiger partial charge in [-0.1, -0.05) is 0 Å². The van der Waals surface area contributed by atoms with Gasteiger partial charge in [-0.25, -0.2) is 0 Å². The molecular formula is H10NO8Zr-. The average molecular weight is 243 g/mol. The zero-order valence-electron chi connectivity index (χ0n) is 4.67. The fourth-order valence-corrected chi connectivity index (χ4v) is 0. The van der Waals surface area contributed by atoms with Crippen LogP contribution in [-0.4, -0.2) is 32.5 Å². The molecule has 0 aliphatic carbocycles. The maximum absolute atomic E-state index is 8.25. The number of hydrogen-bond donors (Lipinski definition) is 0. The zero-order chi connectivity index (χ0) is 3.58. The summed E-state index contributed by atoms with van der Waals surface area (Å²) in [5.74, 6) is 0. The molecule has 9 nitrogen and oxygen atoms in total. The van der Waals surface area contributed by atoms with Gasteiger partial charge in [0.1, 0.15) is 0 Å². The third-order valence-corrected chi connectivity index (χ3v) is 0. The summed E-state index contributed by atoms with van der Waals surface area (Å²) in [6, 6.07) is 0. The molecule has 0 spiro atoms. The van der Waals surface area contributed by atoms with Gasteiger partial charge in [0.15, 0.2) is 0 Å². The summed E-state index contributed by atoms with van der Waals surface area (Å²) in [5.41, 5.74) is 0. The number of rotatable bonds is 0. The van der Waals surface area contributed by atoms with E-state index >= 15 is 0 Å². The van der Waals surface area contributed by atoms with Gasteiger partial charge < -0.3 is 42.7 Å². The molecule has 0 unspecified atom stereocenters. The summed E-state index contributed by atoms with van der Waals surface area (Å²) in [4.78, 5) is 8.25. The summed E-state index contributed by atoms with van der Waals surface area (Å²) < 4.78 is 0. The Morgan fingerprint density at radius 1 is 0.800 bits per heavy atom. The van der Waals surface area contributed by atoms with Gasteiger partial charge >= 0.3 is 0 Å². The Hall–Kier alpha value is -0.117. The molecule has 0 amide bonds. The predicted octanol–water partition coefficient (Wildman–Crippen LogP) is -4.37. The van der Waals surface area contributed by atoms with Crippen LogP contribution in [0.15, 0.2) is 0 Å². The van der Waals surface area contributed by atoms with E-state index in [4.69, 9.17) is 15.3 Å². The van der Waals surface area contributed by atoms with E-state index in [2.05, 4.69) is 0 Å². The van der Waals surface area contributed by atoms with Gasteiger partial charge in [-0.15, -0.1) is 0 Å². The minimum absolute atomic E-state index is 0. The molecule has 0 aromatic carbocycles. The van der Waals surface area contributed by atoms with E-state index in [1.807, 2.05) is 0 Å². The average Bonchev–Trinajstić information content (AvgIpc) is 0.811. The Bertz CT molecular complexity index is 32.2. The summed E-state index contributed by atoms with van der Waals surface area (Å²) >= 11 is 0. The first-order valence-electron chi connectivity index (χ1n) is 0.548. The van der Waals surface area contributed by atoms with Crippen LogP contribution in [0.25, 0.3) is 0 Å². The van der Waals surface area contributed by atoms with E-state index < -0.39 is 5.09 Å². The van der Waals surface area contributed by atoms with Crippen LogP contribution < -0.4 is 0 Å². The second kappa shape index (κ2) is 66.4. The summed E-state index contributed by atoms with van der Waals surface area (Å²) in [6.07, 6.45) is 0. The standard InChI is InChI=1S/NO3.5H2O.Zr/c2-1(3)4;;;;;;/h;5*1H2;/q-1;;;;;;. The third kappa shape index (κ3) is 27300. The summed E-state index contributed by atoms with van der Waals surface area (Å²) in [7, 11) is 0. The van der Waals surface area contributed by atoms with Crippen LogP contribution in [0, 0.1) is 15.3 Å². The molecule has 10 N–H and O–H groups in total. The van der Waals surface area contributed by atoms with E-state index in [1.165, 1.54) is 0 Å². The molecule has 0 aliphatic heterocycles. The Labute approximate surface area is 74.4 Å². The molecule has 0 aromatic rings. The fraction of sp³-hybridized carbons (Fsp3) is 0. The van der Waals surface area contributed by atoms with Gasteiger partial charge in [0.05, 0.1) is 5.09 Å². The molecular weight excluding hydrogens is 233 g/mol. The van der Waals surface area contributed by atoms with Crippen molar-refractivity contribution in [1.29, 1.82) is 0 Å². The maximum Gasteiger partial charge on any atom is 0.0689 e. The number of nitrogens with zero attached hydrogens (tertiary/aromatic N) is 1. The van der Waals surface area contributed by atoms with Crippen molar-refractivity contribution in [2.75, 3.05) is 0 Å². The molecule has 0 rings (SSSR count). The Kier molecular flexibility index (Phi) is 623. The first kappa shape index (κ1) is 93.8. The van der Waals surface area contributed by atoms with Crippen molar-refractivity contribution < 1.29 is 58.7 Å². The minimum atomic E-state index is -1.75. The smallest absolute Gasteiger partial charge is 0.0689 e. The van der Waals surface area contributed by atoms with Gasteiger partial charge in [0.2, 0.25) is 0 Å². The molecule has 10 heteroatoms. The third-order valence-electron chi connectivity index (χ3n) is 0. The zero-order valence-corrected chi connectivity index (χ0v) is 7.13. The van der Waals surface area contributed by atoms with Gasteiger partial charge in [0.25, 0.3) is 0 Å². The van der Waals surface area contributed by atoms with Crippen LogP contribution in [0.5, 0.6) is 0 Å². The van der Waals surface area contributed by atoms with Crippen LogP contribution >= 0.6 is 0 Å². The molecule has 0 saturated heterocycles. The Balaban J connectivity index is -0.00000000300. The molecule has 0 radical (unpaired) electrons. The van der Waals surface area contributed by atoms with Gasteiger partial charge in [-0.05, 0) is 0 Å². The molecule has 0 aromatic heterocycles. The molecule has 0 bridgehead atoms. The van der Waals surface area contributed by atoms with E-state index in [-0.39, 0.29) is 53.6 Å². The van der Waals surface area contributed by atoms with Crippen molar-refractivity contribution in [2.24, 2.45) is 0 Å². The van der Waals surface area contributed by atoms with E-state index in [1.54, 1.807) is 0 Å². The molecule has 0 fully saturated rings. The van der Waals surface area contributed by atoms with E-state index in [9.17, 15) is 0 Å². The van der Waals surface area contributed by atoms with Crippen LogP contribution in [-0.2, 0) is 26.2 Å². The van der Waals surface area contributed by atoms with Gasteiger partial charge in [0, 0.05) is 26.2 Å². The van der Waals surface area contributed by atoms with Crippen LogP contribution in [0.1, 0.15) is 0 Å². The molecule has 68 valence electrons. The molecule has 0 saturated carbocycles. The summed E-state index contributed by atoms with van der Waals surface area (Å²) in [6.45, 7) is 0. The molecule has 0 heterocycles. The van der Waals surface area contributed by atoms with Crippen molar-refractivity contribution in [2.45, 2.75) is 0 Å². The molecule has 0 aliphatic rings. The van der Waals surface area contributed by atoms with Crippen molar-refractivity contribution in [3.05, 3.63) is 15.3 Å². The van der Waals surface area contributed by atoms with Crippen LogP contribution in [0.4, 0.5) is 0 Å². The largest absolute Gasteiger partial charge is 0.412 e. The minimum Gasteiger partial charge on any atom is -0.412 e. The van der Waals surface area contributed by atoms with Crippen molar-refractivity contribution in [3.63, 3.8) is 0 Å². The monoisotopic (exact) mass is 242 g/mol. The normalized spacial score (nSPS) is 2.40. The van der Waals surface area contributed by atoms with Crippen molar-refractivity contribution in [3.8, 4) is 0 Å². The van der Waals surface area contributed by atoms with Gasteiger partial charge in [-0.3, -0.25) is 0 Å². The molecule has 0 atom stereocenters. The van der Waals surface area contributed by atoms with Crippen molar-refractivity contribution in [1.82, 2.24) is 0 Å². The van der Waals surface area contributed by atoms with Crippen molar-refractivity contribution >= 4 is 0 Å². The van der Waals surface area contributed by atoms with E-state index in [0.29, 0.717) is 0 Å². The second-order valence-electron chi connectivity index (χ2n) is 0.224. The summed E-state index contributed by atoms with van der Waals surface area (Å²) in [5, 5.41) is 14.8. The van der Waals surface area contributed by atoms with Crippen LogP contribution in [0.2, 0.25) is 0 Å². The molecule has 10 heavy (non-hydrogen) atoms. The first-order chi connectivity index (χ1) is 1.73. The predicted molar refractivity (Wildman–Crippen MR) is 28.4 cm³/mol. The fourth-order valence-electron chi connectivity index (χ4n) is 0. The Morgan fingerprint density at radius 2 is 0.800 bits per heavy atom. The van der Waals surface area contributed by atoms with Gasteiger partial charge in [-0.2, -0.15) is 0 Å². The topological polar surface area (TPSA) is 224 Å².